The first kappa shape index (κ1) is 16.6. The molecule has 0 spiro atoms. The molecule has 2 rings (SSSR count). The van der Waals surface area contributed by atoms with Crippen LogP contribution in [0.2, 0.25) is 0 Å². The van der Waals surface area contributed by atoms with Gasteiger partial charge >= 0.3 is 0 Å². The molecule has 1 atom stereocenters. The number of amides is 1. The van der Waals surface area contributed by atoms with E-state index in [-0.39, 0.29) is 11.9 Å². The second-order valence-electron chi connectivity index (χ2n) is 4.89. The summed E-state index contributed by atoms with van der Waals surface area (Å²) in [5, 5.41) is 2.93. The molecule has 0 saturated heterocycles. The third-order valence-corrected chi connectivity index (χ3v) is 3.48. The molecule has 2 aromatic rings. The standard InChI is InChI=1S/C17H20N2O4/c1-11(12-5-7-18-8-6-12)19-17(20)13-9-14(21-2)16(23-4)15(10-13)22-3/h5-11H,1-4H3,(H,19,20)/t11-/m0/s1. The van der Waals surface area contributed by atoms with Gasteiger partial charge in [0, 0.05) is 18.0 Å². The number of carbonyl (C=O) groups excluding carboxylic acids is 1. The van der Waals surface area contributed by atoms with E-state index in [4.69, 9.17) is 14.2 Å². The minimum atomic E-state index is -0.228. The Morgan fingerprint density at radius 1 is 1.04 bits per heavy atom. The second kappa shape index (κ2) is 7.49. The molecule has 6 nitrogen and oxygen atoms in total. The topological polar surface area (TPSA) is 69.7 Å². The monoisotopic (exact) mass is 316 g/mol. The molecule has 0 aliphatic rings. The van der Waals surface area contributed by atoms with Gasteiger partial charge in [-0.05, 0) is 36.8 Å². The number of methoxy groups -OCH3 is 3. The molecule has 0 saturated carbocycles. The van der Waals surface area contributed by atoms with Crippen LogP contribution in [0.25, 0.3) is 0 Å². The van der Waals surface area contributed by atoms with Crippen LogP contribution in [0, 0.1) is 0 Å². The van der Waals surface area contributed by atoms with E-state index in [0.29, 0.717) is 22.8 Å². The summed E-state index contributed by atoms with van der Waals surface area (Å²) in [6, 6.07) is 6.82. The Labute approximate surface area is 135 Å². The van der Waals surface area contributed by atoms with Crippen LogP contribution in [0.5, 0.6) is 17.2 Å². The summed E-state index contributed by atoms with van der Waals surface area (Å²) in [4.78, 5) is 16.5. The Hall–Kier alpha value is -2.76. The van der Waals surface area contributed by atoms with Crippen LogP contribution in [-0.2, 0) is 0 Å². The van der Waals surface area contributed by atoms with E-state index in [0.717, 1.165) is 5.56 Å². The van der Waals surface area contributed by atoms with Gasteiger partial charge in [-0.15, -0.1) is 0 Å². The lowest BCUT2D eigenvalue weighted by molar-refractivity contribution is 0.0939. The third-order valence-electron chi connectivity index (χ3n) is 3.48. The number of ether oxygens (including phenoxy) is 3. The number of hydrogen-bond acceptors (Lipinski definition) is 5. The molecule has 0 aliphatic heterocycles. The molecule has 0 fully saturated rings. The van der Waals surface area contributed by atoms with Crippen molar-refractivity contribution in [2.24, 2.45) is 0 Å². The predicted molar refractivity (Wildman–Crippen MR) is 86.2 cm³/mol. The van der Waals surface area contributed by atoms with Gasteiger partial charge in [0.15, 0.2) is 11.5 Å². The van der Waals surface area contributed by atoms with Crippen molar-refractivity contribution < 1.29 is 19.0 Å². The Kier molecular flexibility index (Phi) is 5.41. The van der Waals surface area contributed by atoms with Crippen molar-refractivity contribution in [1.82, 2.24) is 10.3 Å². The van der Waals surface area contributed by atoms with Crippen LogP contribution in [0.15, 0.2) is 36.7 Å². The molecule has 0 radical (unpaired) electrons. The first-order valence-electron chi connectivity index (χ1n) is 7.11. The van der Waals surface area contributed by atoms with Crippen molar-refractivity contribution in [2.75, 3.05) is 21.3 Å². The molecule has 0 bridgehead atoms. The number of rotatable bonds is 6. The zero-order valence-corrected chi connectivity index (χ0v) is 13.6. The van der Waals surface area contributed by atoms with E-state index in [1.54, 1.807) is 24.5 Å². The van der Waals surface area contributed by atoms with E-state index in [2.05, 4.69) is 10.3 Å². The Bertz CT molecular complexity index is 649. The summed E-state index contributed by atoms with van der Waals surface area (Å²) in [5.74, 6) is 1.10. The molecule has 1 aromatic heterocycles. The maximum atomic E-state index is 12.5. The zero-order chi connectivity index (χ0) is 16.8. The van der Waals surface area contributed by atoms with E-state index in [1.807, 2.05) is 19.1 Å². The molecule has 6 heteroatoms. The van der Waals surface area contributed by atoms with Crippen LogP contribution in [0.4, 0.5) is 0 Å². The lowest BCUT2D eigenvalue weighted by atomic mass is 10.1. The molecule has 0 aliphatic carbocycles. The summed E-state index contributed by atoms with van der Waals surface area (Å²) in [6.07, 6.45) is 3.38. The summed E-state index contributed by atoms with van der Waals surface area (Å²) in [5.41, 5.74) is 1.40. The fourth-order valence-electron chi connectivity index (χ4n) is 2.23. The first-order valence-corrected chi connectivity index (χ1v) is 7.11. The molecule has 1 amide bonds. The van der Waals surface area contributed by atoms with E-state index < -0.39 is 0 Å². The number of aromatic nitrogens is 1. The van der Waals surface area contributed by atoms with Gasteiger partial charge in [-0.2, -0.15) is 0 Å². The van der Waals surface area contributed by atoms with Gasteiger partial charge < -0.3 is 19.5 Å². The number of carbonyl (C=O) groups is 1. The molecule has 1 aromatic carbocycles. The van der Waals surface area contributed by atoms with Crippen molar-refractivity contribution in [3.8, 4) is 17.2 Å². The number of nitrogens with one attached hydrogen (secondary N) is 1. The molecule has 122 valence electrons. The van der Waals surface area contributed by atoms with Gasteiger partial charge in [0.25, 0.3) is 5.91 Å². The highest BCUT2D eigenvalue weighted by molar-refractivity contribution is 5.95. The molecule has 1 heterocycles. The minimum Gasteiger partial charge on any atom is -0.493 e. The highest BCUT2D eigenvalue weighted by Gasteiger charge is 2.18. The largest absolute Gasteiger partial charge is 0.493 e. The van der Waals surface area contributed by atoms with Gasteiger partial charge in [-0.1, -0.05) is 0 Å². The number of benzene rings is 1. The van der Waals surface area contributed by atoms with Crippen LogP contribution in [0.3, 0.4) is 0 Å². The molecular formula is C17H20N2O4. The van der Waals surface area contributed by atoms with Crippen molar-refractivity contribution in [3.05, 3.63) is 47.8 Å². The number of nitrogens with zero attached hydrogens (tertiary/aromatic N) is 1. The first-order chi connectivity index (χ1) is 11.1. The Morgan fingerprint density at radius 3 is 2.09 bits per heavy atom. The maximum Gasteiger partial charge on any atom is 0.252 e. The summed E-state index contributed by atoms with van der Waals surface area (Å²) >= 11 is 0. The third kappa shape index (κ3) is 3.71. The lowest BCUT2D eigenvalue weighted by Gasteiger charge is -2.16. The van der Waals surface area contributed by atoms with Crippen molar-refractivity contribution in [3.63, 3.8) is 0 Å². The van der Waals surface area contributed by atoms with Crippen molar-refractivity contribution >= 4 is 5.91 Å². The van der Waals surface area contributed by atoms with Crippen molar-refractivity contribution in [1.29, 1.82) is 0 Å². The molecular weight excluding hydrogens is 296 g/mol. The minimum absolute atomic E-state index is 0.149. The van der Waals surface area contributed by atoms with Crippen LogP contribution >= 0.6 is 0 Å². The molecule has 0 unspecified atom stereocenters. The maximum absolute atomic E-state index is 12.5. The lowest BCUT2D eigenvalue weighted by Crippen LogP contribution is -2.26. The Balaban J connectivity index is 2.25. The fourth-order valence-corrected chi connectivity index (χ4v) is 2.23. The van der Waals surface area contributed by atoms with Gasteiger partial charge in [-0.3, -0.25) is 9.78 Å². The van der Waals surface area contributed by atoms with Crippen molar-refractivity contribution in [2.45, 2.75) is 13.0 Å². The summed E-state index contributed by atoms with van der Waals surface area (Å²) in [7, 11) is 4.54. The number of pyridine rings is 1. The van der Waals surface area contributed by atoms with Gasteiger partial charge in [0.05, 0.1) is 27.4 Å². The normalized spacial score (nSPS) is 11.5. The molecule has 23 heavy (non-hydrogen) atoms. The summed E-state index contributed by atoms with van der Waals surface area (Å²) < 4.78 is 15.8. The average Bonchev–Trinajstić information content (AvgIpc) is 2.60. The quantitative estimate of drug-likeness (QED) is 0.887. The number of hydrogen-bond donors (Lipinski definition) is 1. The van der Waals surface area contributed by atoms with Crippen LogP contribution in [0.1, 0.15) is 28.9 Å². The van der Waals surface area contributed by atoms with E-state index in [1.165, 1.54) is 21.3 Å². The highest BCUT2D eigenvalue weighted by atomic mass is 16.5. The zero-order valence-electron chi connectivity index (χ0n) is 13.6. The van der Waals surface area contributed by atoms with Crippen LogP contribution < -0.4 is 19.5 Å². The van der Waals surface area contributed by atoms with E-state index in [9.17, 15) is 4.79 Å². The van der Waals surface area contributed by atoms with Gasteiger partial charge in [0.2, 0.25) is 5.75 Å². The van der Waals surface area contributed by atoms with E-state index >= 15 is 0 Å². The van der Waals surface area contributed by atoms with Crippen LogP contribution in [-0.4, -0.2) is 32.2 Å². The average molecular weight is 316 g/mol. The Morgan fingerprint density at radius 2 is 1.61 bits per heavy atom. The van der Waals surface area contributed by atoms with Gasteiger partial charge in [-0.25, -0.2) is 0 Å². The van der Waals surface area contributed by atoms with Gasteiger partial charge in [0.1, 0.15) is 0 Å². The fraction of sp³-hybridized carbons (Fsp3) is 0.294. The summed E-state index contributed by atoms with van der Waals surface area (Å²) in [6.45, 7) is 1.91. The molecule has 1 N–H and O–H groups in total. The predicted octanol–water partition coefficient (Wildman–Crippen LogP) is 2.60. The highest BCUT2D eigenvalue weighted by Crippen LogP contribution is 2.38. The second-order valence-corrected chi connectivity index (χ2v) is 4.89. The smallest absolute Gasteiger partial charge is 0.252 e. The SMILES string of the molecule is COc1cc(C(=O)N[C@@H](C)c2ccncc2)cc(OC)c1OC.